The van der Waals surface area contributed by atoms with Gasteiger partial charge in [-0.1, -0.05) is 17.7 Å². The molecule has 1 aromatic heterocycles. The Hall–Kier alpha value is -3.31. The van der Waals surface area contributed by atoms with Crippen molar-refractivity contribution in [3.8, 4) is 0 Å². The van der Waals surface area contributed by atoms with Gasteiger partial charge in [0.25, 0.3) is 11.8 Å². The van der Waals surface area contributed by atoms with E-state index in [0.717, 1.165) is 30.1 Å². The van der Waals surface area contributed by atoms with Crippen LogP contribution in [0.25, 0.3) is 0 Å². The third-order valence-corrected chi connectivity index (χ3v) is 7.45. The molecule has 4 N–H and O–H groups in total. The molecule has 0 aliphatic carbocycles. The fourth-order valence-electron chi connectivity index (χ4n) is 3.99. The zero-order valence-electron chi connectivity index (χ0n) is 20.3. The molecule has 1 unspecified atom stereocenters. The van der Waals surface area contributed by atoms with Crippen molar-refractivity contribution in [3.63, 3.8) is 0 Å². The Balaban J connectivity index is 1.51. The molecule has 3 aromatic rings. The van der Waals surface area contributed by atoms with Crippen LogP contribution in [0.4, 0.5) is 11.4 Å². The Morgan fingerprint density at radius 3 is 2.54 bits per heavy atom. The predicted octanol–water partition coefficient (Wildman–Crippen LogP) is 4.06. The van der Waals surface area contributed by atoms with Gasteiger partial charge in [0.05, 0.1) is 11.3 Å². The summed E-state index contributed by atoms with van der Waals surface area (Å²) in [6, 6.07) is 11.0. The quantitative estimate of drug-likeness (QED) is 0.337. The van der Waals surface area contributed by atoms with Gasteiger partial charge in [-0.3, -0.25) is 14.5 Å². The maximum Gasteiger partial charge on any atom is 0.335 e. The minimum absolute atomic E-state index is 0.0369. The first-order valence-electron chi connectivity index (χ1n) is 11.8. The fraction of sp³-hybridized carbons (Fsp3) is 0.308. The van der Waals surface area contributed by atoms with Gasteiger partial charge in [-0.05, 0) is 55.8 Å². The van der Waals surface area contributed by atoms with E-state index in [1.807, 2.05) is 0 Å². The van der Waals surface area contributed by atoms with Crippen LogP contribution < -0.4 is 10.6 Å². The number of carboxylic acid groups (broad SMARTS) is 1. The molecule has 37 heavy (non-hydrogen) atoms. The molecule has 0 bridgehead atoms. The molecule has 1 atom stereocenters. The van der Waals surface area contributed by atoms with Crippen LogP contribution in [0.15, 0.2) is 42.5 Å². The molecule has 2 aromatic carbocycles. The van der Waals surface area contributed by atoms with Crippen molar-refractivity contribution in [1.29, 1.82) is 0 Å². The van der Waals surface area contributed by atoms with Crippen LogP contribution >= 0.6 is 22.9 Å². The van der Waals surface area contributed by atoms with Gasteiger partial charge in [-0.25, -0.2) is 9.78 Å². The summed E-state index contributed by atoms with van der Waals surface area (Å²) in [5.41, 5.74) is 1.93. The van der Waals surface area contributed by atoms with Crippen LogP contribution in [0, 0.1) is 0 Å². The molecule has 2 amide bonds. The number of nitrogens with one attached hydrogen (secondary N) is 2. The lowest BCUT2D eigenvalue weighted by molar-refractivity contribution is -0.123. The van der Waals surface area contributed by atoms with Crippen LogP contribution in [-0.2, 0) is 24.2 Å². The third kappa shape index (κ3) is 6.53. The molecule has 0 fully saturated rings. The highest BCUT2D eigenvalue weighted by Gasteiger charge is 2.25. The van der Waals surface area contributed by atoms with Crippen molar-refractivity contribution in [2.75, 3.05) is 17.2 Å². The van der Waals surface area contributed by atoms with E-state index in [0.29, 0.717) is 22.3 Å². The van der Waals surface area contributed by atoms with Crippen molar-refractivity contribution in [3.05, 3.63) is 74.2 Å². The number of carbonyl (C=O) groups is 3. The second kappa shape index (κ2) is 11.4. The van der Waals surface area contributed by atoms with Crippen LogP contribution in [0.5, 0.6) is 0 Å². The Bertz CT molecular complexity index is 1330. The highest BCUT2D eigenvalue weighted by molar-refractivity contribution is 7.13. The first-order chi connectivity index (χ1) is 17.6. The summed E-state index contributed by atoms with van der Waals surface area (Å²) in [7, 11) is 0. The molecule has 1 aliphatic rings. The molecule has 2 heterocycles. The van der Waals surface area contributed by atoms with Gasteiger partial charge in [-0.2, -0.15) is 0 Å². The Morgan fingerprint density at radius 2 is 1.86 bits per heavy atom. The Morgan fingerprint density at radius 1 is 1.14 bits per heavy atom. The summed E-state index contributed by atoms with van der Waals surface area (Å²) in [6.07, 6.45) is -0.838. The van der Waals surface area contributed by atoms with E-state index in [9.17, 15) is 24.6 Å². The number of benzene rings is 2. The number of amides is 2. The molecule has 0 spiro atoms. The topological polar surface area (TPSA) is 132 Å². The maximum absolute atomic E-state index is 13.1. The zero-order chi connectivity index (χ0) is 26.7. The summed E-state index contributed by atoms with van der Waals surface area (Å²) >= 11 is 7.18. The molecular formula is C26H27ClN4O5S. The number of rotatable bonds is 8. The Kier molecular flexibility index (Phi) is 8.23. The minimum atomic E-state index is -1.45. The molecule has 1 aliphatic heterocycles. The van der Waals surface area contributed by atoms with E-state index >= 15 is 0 Å². The van der Waals surface area contributed by atoms with Crippen LogP contribution in [0.1, 0.15) is 50.1 Å². The summed E-state index contributed by atoms with van der Waals surface area (Å²) in [4.78, 5) is 45.0. The number of carbonyl (C=O) groups excluding carboxylic acids is 2. The molecule has 9 nitrogen and oxygen atoms in total. The summed E-state index contributed by atoms with van der Waals surface area (Å²) in [6.45, 7) is 5.85. The molecule has 194 valence electrons. The van der Waals surface area contributed by atoms with Crippen LogP contribution in [-0.4, -0.2) is 56.6 Å². The number of aliphatic hydroxyl groups excluding tert-OH is 1. The van der Waals surface area contributed by atoms with Gasteiger partial charge in [-0.15, -0.1) is 11.3 Å². The largest absolute Gasteiger partial charge is 0.478 e. The van der Waals surface area contributed by atoms with Gasteiger partial charge >= 0.3 is 5.97 Å². The first kappa shape index (κ1) is 26.7. The highest BCUT2D eigenvalue weighted by Crippen LogP contribution is 2.28. The highest BCUT2D eigenvalue weighted by atomic mass is 35.5. The number of hydrogen-bond donors (Lipinski definition) is 4. The standard InChI is InChI=1S/C26H27ClN4O5S/c1-14(2)31-10-9-19-22(13-31)37-25(30-19)24(34)29-20-11-16(26(35)36)4-3-15(20)12-21(32)23(33)28-18-7-5-17(27)6-8-18/h3-8,11,14,21,32H,9-10,12-13H2,1-2H3,(H,28,33)(H,29,34)(H,35,36). The average Bonchev–Trinajstić information content (AvgIpc) is 3.30. The van der Waals surface area contributed by atoms with E-state index < -0.39 is 23.9 Å². The number of aromatic carboxylic acids is 1. The van der Waals surface area contributed by atoms with E-state index in [2.05, 4.69) is 34.4 Å². The molecular weight excluding hydrogens is 516 g/mol. The lowest BCUT2D eigenvalue weighted by atomic mass is 10.0. The molecule has 4 rings (SSSR count). The van der Waals surface area contributed by atoms with Crippen LogP contribution in [0.3, 0.4) is 0 Å². The predicted molar refractivity (Wildman–Crippen MR) is 143 cm³/mol. The van der Waals surface area contributed by atoms with Gasteiger partial charge in [0, 0.05) is 53.2 Å². The van der Waals surface area contributed by atoms with E-state index in [4.69, 9.17) is 11.6 Å². The summed E-state index contributed by atoms with van der Waals surface area (Å²) in [5.74, 6) is -2.29. The number of halogens is 1. The van der Waals surface area contributed by atoms with Crippen molar-refractivity contribution >= 4 is 52.1 Å². The SMILES string of the molecule is CC(C)N1CCc2nc(C(=O)Nc3cc(C(=O)O)ccc3CC(O)C(=O)Nc3ccc(Cl)cc3)sc2C1. The van der Waals surface area contributed by atoms with Gasteiger partial charge in [0.2, 0.25) is 0 Å². The van der Waals surface area contributed by atoms with Crippen LogP contribution in [0.2, 0.25) is 5.02 Å². The van der Waals surface area contributed by atoms with Gasteiger partial charge < -0.3 is 20.8 Å². The summed E-state index contributed by atoms with van der Waals surface area (Å²) in [5, 5.41) is 26.1. The summed E-state index contributed by atoms with van der Waals surface area (Å²) < 4.78 is 0. The lowest BCUT2D eigenvalue weighted by Gasteiger charge is -2.29. The van der Waals surface area contributed by atoms with Gasteiger partial charge in [0.1, 0.15) is 6.10 Å². The molecule has 11 heteroatoms. The minimum Gasteiger partial charge on any atom is -0.478 e. The van der Waals surface area contributed by atoms with Crippen molar-refractivity contribution in [2.24, 2.45) is 0 Å². The molecule has 0 saturated carbocycles. The second-order valence-corrected chi connectivity index (χ2v) is 10.6. The number of aliphatic hydroxyl groups is 1. The molecule has 0 radical (unpaired) electrons. The van der Waals surface area contributed by atoms with Crippen molar-refractivity contribution in [2.45, 2.75) is 45.4 Å². The number of anilines is 2. The average molecular weight is 543 g/mol. The normalized spacial score (nSPS) is 14.2. The van der Waals surface area contributed by atoms with E-state index in [1.165, 1.54) is 29.5 Å². The number of thiazole rings is 1. The van der Waals surface area contributed by atoms with E-state index in [1.54, 1.807) is 24.3 Å². The fourth-order valence-corrected chi connectivity index (χ4v) is 5.15. The first-order valence-corrected chi connectivity index (χ1v) is 12.9. The van der Waals surface area contributed by atoms with E-state index in [-0.39, 0.29) is 22.7 Å². The number of carboxylic acids is 1. The van der Waals surface area contributed by atoms with Crippen molar-refractivity contribution in [1.82, 2.24) is 9.88 Å². The number of fused-ring (bicyclic) bond motifs is 1. The maximum atomic E-state index is 13.1. The second-order valence-electron chi connectivity index (χ2n) is 9.05. The monoisotopic (exact) mass is 542 g/mol. The smallest absolute Gasteiger partial charge is 0.335 e. The molecule has 0 saturated heterocycles. The zero-order valence-corrected chi connectivity index (χ0v) is 21.9. The number of nitrogens with zero attached hydrogens (tertiary/aromatic N) is 2. The number of hydrogen-bond acceptors (Lipinski definition) is 7. The number of aromatic nitrogens is 1. The van der Waals surface area contributed by atoms with Gasteiger partial charge in [0.15, 0.2) is 5.01 Å². The lowest BCUT2D eigenvalue weighted by Crippen LogP contribution is -2.35. The van der Waals surface area contributed by atoms with Crippen molar-refractivity contribution < 1.29 is 24.6 Å². The third-order valence-electron chi connectivity index (χ3n) is 6.12. The Labute approximate surface area is 223 Å².